The van der Waals surface area contributed by atoms with Crippen molar-refractivity contribution in [1.29, 1.82) is 0 Å². The molecular formula is C24H41Cl3N2O2. The quantitative estimate of drug-likeness (QED) is 0.542. The Hall–Kier alpha value is -0.0700. The molecule has 0 spiro atoms. The van der Waals surface area contributed by atoms with Crippen LogP contribution in [0.2, 0.25) is 5.02 Å². The van der Waals surface area contributed by atoms with Crippen molar-refractivity contribution in [2.24, 2.45) is 17.8 Å². The summed E-state index contributed by atoms with van der Waals surface area (Å²) in [5.41, 5.74) is 1.30. The molecule has 1 aromatic rings. The van der Waals surface area contributed by atoms with E-state index in [1.54, 1.807) is 0 Å². The highest BCUT2D eigenvalue weighted by Gasteiger charge is 2.32. The fourth-order valence-corrected chi connectivity index (χ4v) is 5.00. The third-order valence-electron chi connectivity index (χ3n) is 6.72. The minimum atomic E-state index is -0.400. The molecule has 2 aliphatic rings. The van der Waals surface area contributed by atoms with Gasteiger partial charge in [0.25, 0.3) is 0 Å². The average Bonchev–Trinajstić information content (AvgIpc) is 2.69. The maximum atomic E-state index is 10.6. The summed E-state index contributed by atoms with van der Waals surface area (Å²) in [5.74, 6) is 2.02. The van der Waals surface area contributed by atoms with E-state index in [4.69, 9.17) is 16.3 Å². The fourth-order valence-electron chi connectivity index (χ4n) is 4.87. The molecule has 4 nitrogen and oxygen atoms in total. The number of aliphatic hydroxyl groups excluding tert-OH is 1. The third kappa shape index (κ3) is 9.37. The van der Waals surface area contributed by atoms with Crippen LogP contribution >= 0.6 is 36.4 Å². The molecule has 1 saturated heterocycles. The van der Waals surface area contributed by atoms with Crippen molar-refractivity contribution in [2.75, 3.05) is 39.3 Å². The van der Waals surface area contributed by atoms with E-state index < -0.39 is 6.10 Å². The van der Waals surface area contributed by atoms with Crippen LogP contribution in [0.4, 0.5) is 0 Å². The highest BCUT2D eigenvalue weighted by Crippen LogP contribution is 2.35. The second kappa shape index (κ2) is 14.2. The molecule has 1 aliphatic carbocycles. The first-order chi connectivity index (χ1) is 13.9. The van der Waals surface area contributed by atoms with E-state index in [2.05, 4.69) is 42.7 Å². The molecule has 4 atom stereocenters. The predicted octanol–water partition coefficient (Wildman–Crippen LogP) is 5.14. The minimum Gasteiger partial charge on any atom is -0.389 e. The zero-order valence-electron chi connectivity index (χ0n) is 19.2. The lowest BCUT2D eigenvalue weighted by molar-refractivity contribution is -0.0755. The Morgan fingerprint density at radius 2 is 1.65 bits per heavy atom. The SMILES string of the molecule is CC1CCC(C(C)C)C(OCC(O)CN2CCN(Cc3ccc(Cl)cc3)CC2)C1.Cl.Cl. The summed E-state index contributed by atoms with van der Waals surface area (Å²) in [6.07, 6.45) is 3.62. The van der Waals surface area contributed by atoms with Crippen LogP contribution in [0.1, 0.15) is 45.6 Å². The topological polar surface area (TPSA) is 35.9 Å². The number of benzene rings is 1. The standard InChI is InChI=1S/C24H39ClN2O2.2ClH/c1-18(2)23-9-4-19(3)14-24(23)29-17-22(28)16-27-12-10-26(11-13-27)15-20-5-7-21(25)8-6-20;;/h5-8,18-19,22-24,28H,4,9-17H2,1-3H3;2*1H. The van der Waals surface area contributed by atoms with Gasteiger partial charge in [0.15, 0.2) is 0 Å². The summed E-state index contributed by atoms with van der Waals surface area (Å²) < 4.78 is 6.24. The number of β-amino-alcohol motifs (C(OH)–C–C–N with tert-alkyl or cyclic N) is 1. The van der Waals surface area contributed by atoms with Crippen molar-refractivity contribution in [3.63, 3.8) is 0 Å². The van der Waals surface area contributed by atoms with Gasteiger partial charge in [-0.05, 0) is 48.3 Å². The number of ether oxygens (including phenoxy) is 1. The molecule has 0 amide bonds. The summed E-state index contributed by atoms with van der Waals surface area (Å²) in [6, 6.07) is 8.12. The van der Waals surface area contributed by atoms with Crippen LogP contribution < -0.4 is 0 Å². The maximum absolute atomic E-state index is 10.6. The van der Waals surface area contributed by atoms with Crippen molar-refractivity contribution < 1.29 is 9.84 Å². The van der Waals surface area contributed by atoms with Crippen molar-refractivity contribution in [2.45, 2.75) is 58.8 Å². The van der Waals surface area contributed by atoms with E-state index in [0.29, 0.717) is 31.1 Å². The molecule has 4 unspecified atom stereocenters. The summed E-state index contributed by atoms with van der Waals surface area (Å²) >= 11 is 5.97. The highest BCUT2D eigenvalue weighted by molar-refractivity contribution is 6.30. The number of rotatable bonds is 8. The molecule has 3 rings (SSSR count). The first-order valence-corrected chi connectivity index (χ1v) is 11.8. The van der Waals surface area contributed by atoms with Crippen LogP contribution in [0, 0.1) is 17.8 Å². The van der Waals surface area contributed by atoms with Crippen molar-refractivity contribution in [3.05, 3.63) is 34.9 Å². The second-order valence-corrected chi connectivity index (χ2v) is 9.99. The lowest BCUT2D eigenvalue weighted by Gasteiger charge is -2.38. The predicted molar refractivity (Wildman–Crippen MR) is 135 cm³/mol. The van der Waals surface area contributed by atoms with Crippen LogP contribution in [0.15, 0.2) is 24.3 Å². The lowest BCUT2D eigenvalue weighted by atomic mass is 9.75. The summed E-state index contributed by atoms with van der Waals surface area (Å²) in [5, 5.41) is 11.3. The molecular weight excluding hydrogens is 455 g/mol. The molecule has 1 aromatic carbocycles. The van der Waals surface area contributed by atoms with Gasteiger partial charge in [0.1, 0.15) is 0 Å². The second-order valence-electron chi connectivity index (χ2n) is 9.55. The molecule has 7 heteroatoms. The molecule has 31 heavy (non-hydrogen) atoms. The molecule has 1 saturated carbocycles. The zero-order chi connectivity index (χ0) is 20.8. The fraction of sp³-hybridized carbons (Fsp3) is 0.750. The van der Waals surface area contributed by atoms with Crippen molar-refractivity contribution >= 4 is 36.4 Å². The molecule has 0 radical (unpaired) electrons. The van der Waals surface area contributed by atoms with Crippen molar-refractivity contribution in [1.82, 2.24) is 9.80 Å². The monoisotopic (exact) mass is 494 g/mol. The Balaban J connectivity index is 0.00000240. The van der Waals surface area contributed by atoms with Gasteiger partial charge >= 0.3 is 0 Å². The Morgan fingerprint density at radius 1 is 1.03 bits per heavy atom. The Kier molecular flexibility index (Phi) is 13.3. The lowest BCUT2D eigenvalue weighted by Crippen LogP contribution is -2.49. The number of halogens is 3. The van der Waals surface area contributed by atoms with Crippen molar-refractivity contribution in [3.8, 4) is 0 Å². The van der Waals surface area contributed by atoms with E-state index in [-0.39, 0.29) is 24.8 Å². The largest absolute Gasteiger partial charge is 0.389 e. The van der Waals surface area contributed by atoms with E-state index in [0.717, 1.165) is 50.1 Å². The van der Waals surface area contributed by atoms with Crippen LogP contribution in [0.25, 0.3) is 0 Å². The normalized spacial score (nSPS) is 26.2. The molecule has 1 heterocycles. The third-order valence-corrected chi connectivity index (χ3v) is 6.97. The first kappa shape index (κ1) is 29.0. The number of hydrogen-bond acceptors (Lipinski definition) is 4. The molecule has 180 valence electrons. The molecule has 2 fully saturated rings. The van der Waals surface area contributed by atoms with E-state index in [1.165, 1.54) is 18.4 Å². The molecule has 0 aromatic heterocycles. The zero-order valence-corrected chi connectivity index (χ0v) is 21.6. The van der Waals surface area contributed by atoms with Gasteiger partial charge in [-0.25, -0.2) is 0 Å². The van der Waals surface area contributed by atoms with Gasteiger partial charge in [-0.2, -0.15) is 0 Å². The van der Waals surface area contributed by atoms with Gasteiger partial charge in [-0.3, -0.25) is 9.80 Å². The van der Waals surface area contributed by atoms with Crippen LogP contribution in [-0.2, 0) is 11.3 Å². The van der Waals surface area contributed by atoms with E-state index >= 15 is 0 Å². The maximum Gasteiger partial charge on any atom is 0.0900 e. The van der Waals surface area contributed by atoms with E-state index in [9.17, 15) is 5.11 Å². The van der Waals surface area contributed by atoms with Gasteiger partial charge in [0.2, 0.25) is 0 Å². The number of aliphatic hydroxyl groups is 1. The summed E-state index contributed by atoms with van der Waals surface area (Å²) in [7, 11) is 0. The summed E-state index contributed by atoms with van der Waals surface area (Å²) in [6.45, 7) is 13.1. The smallest absolute Gasteiger partial charge is 0.0900 e. The average molecular weight is 496 g/mol. The summed E-state index contributed by atoms with van der Waals surface area (Å²) in [4.78, 5) is 4.84. The Bertz CT molecular complexity index is 609. The van der Waals surface area contributed by atoms with Crippen LogP contribution in [0.3, 0.4) is 0 Å². The number of nitrogens with zero attached hydrogens (tertiary/aromatic N) is 2. The Morgan fingerprint density at radius 3 is 2.26 bits per heavy atom. The van der Waals surface area contributed by atoms with Crippen LogP contribution in [0.5, 0.6) is 0 Å². The first-order valence-electron chi connectivity index (χ1n) is 11.4. The highest BCUT2D eigenvalue weighted by atomic mass is 35.5. The van der Waals surface area contributed by atoms with Crippen LogP contribution in [-0.4, -0.2) is 66.4 Å². The minimum absolute atomic E-state index is 0. The van der Waals surface area contributed by atoms with Gasteiger partial charge in [0.05, 0.1) is 18.8 Å². The Labute approximate surface area is 206 Å². The van der Waals surface area contributed by atoms with Gasteiger partial charge in [0, 0.05) is 44.3 Å². The van der Waals surface area contributed by atoms with Gasteiger partial charge < -0.3 is 9.84 Å². The van der Waals surface area contributed by atoms with E-state index in [1.807, 2.05) is 12.1 Å². The van der Waals surface area contributed by atoms with Gasteiger partial charge in [-0.1, -0.05) is 50.9 Å². The van der Waals surface area contributed by atoms with Gasteiger partial charge in [-0.15, -0.1) is 24.8 Å². The number of piperazine rings is 1. The molecule has 1 aliphatic heterocycles. The molecule has 1 N–H and O–H groups in total. The molecule has 0 bridgehead atoms. The number of hydrogen-bond donors (Lipinski definition) is 1.